The molecule has 2 N–H and O–H groups in total. The van der Waals surface area contributed by atoms with Gasteiger partial charge < -0.3 is 15.4 Å². The van der Waals surface area contributed by atoms with Crippen LogP contribution in [0.15, 0.2) is 24.3 Å². The van der Waals surface area contributed by atoms with Crippen LogP contribution in [-0.2, 0) is 0 Å². The van der Waals surface area contributed by atoms with Gasteiger partial charge in [0, 0.05) is 24.7 Å². The van der Waals surface area contributed by atoms with Crippen LogP contribution in [0.2, 0.25) is 0 Å². The van der Waals surface area contributed by atoms with E-state index in [0.29, 0.717) is 18.7 Å². The quantitative estimate of drug-likeness (QED) is 0.881. The van der Waals surface area contributed by atoms with Crippen molar-refractivity contribution in [1.29, 1.82) is 0 Å². The van der Waals surface area contributed by atoms with Gasteiger partial charge in [-0.05, 0) is 44.0 Å². The van der Waals surface area contributed by atoms with Crippen molar-refractivity contribution in [2.75, 3.05) is 19.7 Å². The molecule has 0 bridgehead atoms. The monoisotopic (exact) mass is 248 g/mol. The number of hydrogen-bond acceptors (Lipinski definition) is 3. The minimum absolute atomic E-state index is 0.0750. The maximum absolute atomic E-state index is 12.3. The second-order valence-electron chi connectivity index (χ2n) is 4.49. The molecule has 1 atom stereocenters. The first-order chi connectivity index (χ1) is 8.76. The molecule has 1 heterocycles. The molecule has 1 fully saturated rings. The van der Waals surface area contributed by atoms with Crippen molar-refractivity contribution in [3.63, 3.8) is 0 Å². The van der Waals surface area contributed by atoms with Crippen molar-refractivity contribution in [1.82, 2.24) is 4.90 Å². The summed E-state index contributed by atoms with van der Waals surface area (Å²) in [5, 5.41) is 0. The topological polar surface area (TPSA) is 55.6 Å². The van der Waals surface area contributed by atoms with Crippen LogP contribution in [-0.4, -0.2) is 36.5 Å². The summed E-state index contributed by atoms with van der Waals surface area (Å²) in [6.07, 6.45) is 2.06. The highest BCUT2D eigenvalue weighted by molar-refractivity contribution is 5.94. The van der Waals surface area contributed by atoms with E-state index in [0.717, 1.165) is 25.1 Å². The number of carbonyl (C=O) groups is 1. The zero-order chi connectivity index (χ0) is 13.0. The first kappa shape index (κ1) is 12.9. The van der Waals surface area contributed by atoms with E-state index in [4.69, 9.17) is 10.5 Å². The van der Waals surface area contributed by atoms with Crippen molar-refractivity contribution in [3.8, 4) is 5.75 Å². The molecule has 98 valence electrons. The number of rotatable bonds is 4. The summed E-state index contributed by atoms with van der Waals surface area (Å²) in [6, 6.07) is 7.51. The van der Waals surface area contributed by atoms with Gasteiger partial charge in [-0.1, -0.05) is 0 Å². The number of nitrogens with zero attached hydrogens (tertiary/aromatic N) is 1. The predicted molar refractivity (Wildman–Crippen MR) is 70.7 cm³/mol. The molecule has 0 saturated carbocycles. The third-order valence-corrected chi connectivity index (χ3v) is 3.32. The Morgan fingerprint density at radius 2 is 2.17 bits per heavy atom. The molecule has 1 aliphatic heterocycles. The molecule has 1 aromatic carbocycles. The van der Waals surface area contributed by atoms with Crippen LogP contribution in [0.5, 0.6) is 5.75 Å². The molecule has 2 rings (SSSR count). The molecule has 1 saturated heterocycles. The normalized spacial score (nSPS) is 19.0. The number of hydrogen-bond donors (Lipinski definition) is 1. The Hall–Kier alpha value is -1.55. The van der Waals surface area contributed by atoms with Crippen molar-refractivity contribution >= 4 is 5.91 Å². The lowest BCUT2D eigenvalue weighted by Gasteiger charge is -2.23. The zero-order valence-electron chi connectivity index (χ0n) is 10.8. The second-order valence-corrected chi connectivity index (χ2v) is 4.49. The summed E-state index contributed by atoms with van der Waals surface area (Å²) in [5.74, 6) is 0.872. The summed E-state index contributed by atoms with van der Waals surface area (Å²) >= 11 is 0. The number of amides is 1. The summed E-state index contributed by atoms with van der Waals surface area (Å²) in [4.78, 5) is 14.2. The highest BCUT2D eigenvalue weighted by Crippen LogP contribution is 2.20. The number of benzene rings is 1. The maximum atomic E-state index is 12.3. The Kier molecular flexibility index (Phi) is 4.20. The Morgan fingerprint density at radius 3 is 2.78 bits per heavy atom. The van der Waals surface area contributed by atoms with Gasteiger partial charge in [-0.25, -0.2) is 0 Å². The Balaban J connectivity index is 2.08. The highest BCUT2D eigenvalue weighted by atomic mass is 16.5. The fraction of sp³-hybridized carbons (Fsp3) is 0.500. The minimum atomic E-state index is 0.0750. The van der Waals surface area contributed by atoms with Crippen LogP contribution in [0.3, 0.4) is 0 Å². The maximum Gasteiger partial charge on any atom is 0.254 e. The van der Waals surface area contributed by atoms with E-state index in [1.807, 2.05) is 36.1 Å². The smallest absolute Gasteiger partial charge is 0.254 e. The first-order valence-corrected chi connectivity index (χ1v) is 6.50. The van der Waals surface area contributed by atoms with Crippen molar-refractivity contribution in [2.45, 2.75) is 25.8 Å². The Labute approximate surface area is 108 Å². The van der Waals surface area contributed by atoms with Gasteiger partial charge in [0.05, 0.1) is 6.61 Å². The number of likely N-dealkylation sites (tertiary alicyclic amines) is 1. The van der Waals surface area contributed by atoms with Crippen molar-refractivity contribution in [3.05, 3.63) is 29.8 Å². The van der Waals surface area contributed by atoms with Gasteiger partial charge in [-0.15, -0.1) is 0 Å². The lowest BCUT2D eigenvalue weighted by atomic mass is 10.1. The van der Waals surface area contributed by atoms with Gasteiger partial charge in [0.2, 0.25) is 0 Å². The Morgan fingerprint density at radius 1 is 1.44 bits per heavy atom. The van der Waals surface area contributed by atoms with E-state index in [1.165, 1.54) is 0 Å². The molecule has 18 heavy (non-hydrogen) atoms. The largest absolute Gasteiger partial charge is 0.494 e. The van der Waals surface area contributed by atoms with Gasteiger partial charge in [0.15, 0.2) is 0 Å². The van der Waals surface area contributed by atoms with E-state index in [-0.39, 0.29) is 11.9 Å². The molecule has 1 aromatic rings. The highest BCUT2D eigenvalue weighted by Gasteiger charge is 2.28. The van der Waals surface area contributed by atoms with Crippen LogP contribution in [0, 0.1) is 0 Å². The van der Waals surface area contributed by atoms with Gasteiger partial charge in [0.1, 0.15) is 5.75 Å². The van der Waals surface area contributed by atoms with E-state index in [1.54, 1.807) is 0 Å². The summed E-state index contributed by atoms with van der Waals surface area (Å²) in [6.45, 7) is 3.93. The third-order valence-electron chi connectivity index (χ3n) is 3.32. The molecule has 0 aliphatic carbocycles. The molecular weight excluding hydrogens is 228 g/mol. The Bertz CT molecular complexity index is 403. The van der Waals surface area contributed by atoms with Crippen molar-refractivity contribution < 1.29 is 9.53 Å². The lowest BCUT2D eigenvalue weighted by molar-refractivity contribution is 0.0741. The average molecular weight is 248 g/mol. The number of nitrogens with two attached hydrogens (primary N) is 1. The minimum Gasteiger partial charge on any atom is -0.494 e. The van der Waals surface area contributed by atoms with E-state index >= 15 is 0 Å². The fourth-order valence-electron chi connectivity index (χ4n) is 2.37. The van der Waals surface area contributed by atoms with Gasteiger partial charge >= 0.3 is 0 Å². The van der Waals surface area contributed by atoms with Crippen LogP contribution >= 0.6 is 0 Å². The third kappa shape index (κ3) is 2.64. The fourth-order valence-corrected chi connectivity index (χ4v) is 2.37. The summed E-state index contributed by atoms with van der Waals surface area (Å²) in [7, 11) is 0. The molecule has 1 unspecified atom stereocenters. The zero-order valence-corrected chi connectivity index (χ0v) is 10.8. The molecule has 0 spiro atoms. The standard InChI is InChI=1S/C14H20N2O2/c1-2-18-13-7-5-11(6-8-13)14(17)16-9-3-4-12(16)10-15/h5-8,12H,2-4,9-10,15H2,1H3. The molecule has 4 heteroatoms. The number of ether oxygens (including phenoxy) is 1. The molecule has 0 radical (unpaired) electrons. The average Bonchev–Trinajstić information content (AvgIpc) is 2.87. The molecular formula is C14H20N2O2. The van der Waals surface area contributed by atoms with E-state index in [2.05, 4.69) is 0 Å². The predicted octanol–water partition coefficient (Wildman–Crippen LogP) is 1.65. The van der Waals surface area contributed by atoms with E-state index < -0.39 is 0 Å². The van der Waals surface area contributed by atoms with Crippen LogP contribution in [0.25, 0.3) is 0 Å². The van der Waals surface area contributed by atoms with Gasteiger partial charge in [-0.2, -0.15) is 0 Å². The van der Waals surface area contributed by atoms with Gasteiger partial charge in [-0.3, -0.25) is 4.79 Å². The SMILES string of the molecule is CCOc1ccc(C(=O)N2CCCC2CN)cc1. The van der Waals surface area contributed by atoms with Gasteiger partial charge in [0.25, 0.3) is 5.91 Å². The number of carbonyl (C=O) groups excluding carboxylic acids is 1. The molecule has 4 nitrogen and oxygen atoms in total. The lowest BCUT2D eigenvalue weighted by Crippen LogP contribution is -2.39. The van der Waals surface area contributed by atoms with Crippen LogP contribution in [0.4, 0.5) is 0 Å². The van der Waals surface area contributed by atoms with E-state index in [9.17, 15) is 4.79 Å². The summed E-state index contributed by atoms with van der Waals surface area (Å²) in [5.41, 5.74) is 6.40. The van der Waals surface area contributed by atoms with Crippen molar-refractivity contribution in [2.24, 2.45) is 5.73 Å². The van der Waals surface area contributed by atoms with Crippen LogP contribution in [0.1, 0.15) is 30.1 Å². The first-order valence-electron chi connectivity index (χ1n) is 6.50. The molecule has 0 aromatic heterocycles. The molecule has 1 amide bonds. The van der Waals surface area contributed by atoms with Crippen LogP contribution < -0.4 is 10.5 Å². The molecule has 1 aliphatic rings. The second kappa shape index (κ2) is 5.87. The summed E-state index contributed by atoms with van der Waals surface area (Å²) < 4.78 is 5.36.